The van der Waals surface area contributed by atoms with Crippen molar-refractivity contribution < 1.29 is 9.59 Å². The largest absolute Gasteiger partial charge is 0.340 e. The van der Waals surface area contributed by atoms with Gasteiger partial charge >= 0.3 is 0 Å². The predicted molar refractivity (Wildman–Crippen MR) is 107 cm³/mol. The number of nitrogens with zero attached hydrogens (tertiary/aromatic N) is 3. The van der Waals surface area contributed by atoms with Gasteiger partial charge in [-0.25, -0.2) is 0 Å². The maximum atomic E-state index is 12.5. The van der Waals surface area contributed by atoms with Gasteiger partial charge in [-0.2, -0.15) is 0 Å². The van der Waals surface area contributed by atoms with E-state index < -0.39 is 0 Å². The van der Waals surface area contributed by atoms with Gasteiger partial charge in [0.05, 0.1) is 6.54 Å². The van der Waals surface area contributed by atoms with Crippen LogP contribution in [0.25, 0.3) is 0 Å². The van der Waals surface area contributed by atoms with Gasteiger partial charge in [0.2, 0.25) is 5.91 Å². The van der Waals surface area contributed by atoms with Crippen LogP contribution in [0, 0.1) is 0 Å². The first-order valence-corrected chi connectivity index (χ1v) is 9.46. The molecule has 0 aliphatic carbocycles. The number of halogens is 1. The number of rotatable bonds is 5. The highest BCUT2D eigenvalue weighted by atomic mass is 35.5. The molecule has 0 aromatic heterocycles. The predicted octanol–water partition coefficient (Wildman–Crippen LogP) is 2.76. The molecule has 2 aromatic rings. The SMILES string of the molecule is CN(Cc1ccc(Cl)cc1)C(=O)CN1CCN(C(=O)c2ccccc2)CC1. The zero-order valence-electron chi connectivity index (χ0n) is 15.5. The topological polar surface area (TPSA) is 43.9 Å². The fraction of sp³-hybridized carbons (Fsp3) is 0.333. The zero-order valence-corrected chi connectivity index (χ0v) is 16.2. The van der Waals surface area contributed by atoms with Crippen LogP contribution in [-0.2, 0) is 11.3 Å². The van der Waals surface area contributed by atoms with Crippen LogP contribution in [0.15, 0.2) is 54.6 Å². The minimum Gasteiger partial charge on any atom is -0.340 e. The molecule has 0 radical (unpaired) electrons. The Bertz CT molecular complexity index is 772. The summed E-state index contributed by atoms with van der Waals surface area (Å²) in [7, 11) is 1.81. The quantitative estimate of drug-likeness (QED) is 0.794. The highest BCUT2D eigenvalue weighted by molar-refractivity contribution is 6.30. The second-order valence-corrected chi connectivity index (χ2v) is 7.25. The van der Waals surface area contributed by atoms with Gasteiger partial charge < -0.3 is 9.80 Å². The number of carbonyl (C=O) groups is 2. The van der Waals surface area contributed by atoms with Crippen molar-refractivity contribution in [1.29, 1.82) is 0 Å². The Kier molecular flexibility index (Phi) is 6.48. The molecule has 3 rings (SSSR count). The molecule has 0 saturated carbocycles. The van der Waals surface area contributed by atoms with E-state index in [4.69, 9.17) is 11.6 Å². The third-order valence-corrected chi connectivity index (χ3v) is 5.05. The van der Waals surface area contributed by atoms with E-state index in [1.807, 2.05) is 66.5 Å². The van der Waals surface area contributed by atoms with Gasteiger partial charge in [0.15, 0.2) is 0 Å². The van der Waals surface area contributed by atoms with Gasteiger partial charge in [0, 0.05) is 50.4 Å². The van der Waals surface area contributed by atoms with E-state index in [1.54, 1.807) is 4.90 Å². The number of carbonyl (C=O) groups excluding carboxylic acids is 2. The molecule has 1 heterocycles. The zero-order chi connectivity index (χ0) is 19.2. The molecule has 0 N–H and O–H groups in total. The van der Waals surface area contributed by atoms with Crippen molar-refractivity contribution in [3.8, 4) is 0 Å². The molecule has 1 fully saturated rings. The van der Waals surface area contributed by atoms with Crippen molar-refractivity contribution in [2.45, 2.75) is 6.54 Å². The van der Waals surface area contributed by atoms with Crippen LogP contribution in [0.2, 0.25) is 5.02 Å². The Morgan fingerprint density at radius 2 is 1.59 bits per heavy atom. The van der Waals surface area contributed by atoms with E-state index in [1.165, 1.54) is 0 Å². The monoisotopic (exact) mass is 385 g/mol. The molecule has 0 bridgehead atoms. The highest BCUT2D eigenvalue weighted by Gasteiger charge is 2.24. The van der Waals surface area contributed by atoms with Crippen LogP contribution >= 0.6 is 11.6 Å². The fourth-order valence-corrected chi connectivity index (χ4v) is 3.26. The summed E-state index contributed by atoms with van der Waals surface area (Å²) in [4.78, 5) is 30.7. The van der Waals surface area contributed by atoms with E-state index in [0.717, 1.165) is 5.56 Å². The normalized spacial score (nSPS) is 14.8. The van der Waals surface area contributed by atoms with Crippen LogP contribution in [0.1, 0.15) is 15.9 Å². The Labute approximate surface area is 165 Å². The maximum Gasteiger partial charge on any atom is 0.253 e. The Morgan fingerprint density at radius 3 is 2.22 bits per heavy atom. The van der Waals surface area contributed by atoms with Crippen molar-refractivity contribution in [1.82, 2.24) is 14.7 Å². The fourth-order valence-electron chi connectivity index (χ4n) is 3.14. The number of hydrogen-bond donors (Lipinski definition) is 0. The first-order chi connectivity index (χ1) is 13.0. The second-order valence-electron chi connectivity index (χ2n) is 6.81. The van der Waals surface area contributed by atoms with Crippen LogP contribution in [-0.4, -0.2) is 66.3 Å². The summed E-state index contributed by atoms with van der Waals surface area (Å²) < 4.78 is 0. The first kappa shape index (κ1) is 19.4. The molecule has 0 unspecified atom stereocenters. The van der Waals surface area contributed by atoms with E-state index in [2.05, 4.69) is 4.90 Å². The Morgan fingerprint density at radius 1 is 0.963 bits per heavy atom. The Hall–Kier alpha value is -2.37. The molecular formula is C21H24ClN3O2. The lowest BCUT2D eigenvalue weighted by Gasteiger charge is -2.35. The summed E-state index contributed by atoms with van der Waals surface area (Å²) in [5.41, 5.74) is 1.76. The molecular weight excluding hydrogens is 362 g/mol. The van der Waals surface area contributed by atoms with Crippen molar-refractivity contribution in [2.75, 3.05) is 39.8 Å². The number of likely N-dealkylation sites (N-methyl/N-ethyl adjacent to an activating group) is 1. The van der Waals surface area contributed by atoms with Gasteiger partial charge in [-0.1, -0.05) is 41.9 Å². The number of benzene rings is 2. The van der Waals surface area contributed by atoms with Gasteiger partial charge in [-0.3, -0.25) is 14.5 Å². The van der Waals surface area contributed by atoms with E-state index in [-0.39, 0.29) is 11.8 Å². The summed E-state index contributed by atoms with van der Waals surface area (Å²) in [6, 6.07) is 16.8. The van der Waals surface area contributed by atoms with Crippen molar-refractivity contribution in [3.63, 3.8) is 0 Å². The summed E-state index contributed by atoms with van der Waals surface area (Å²) in [5, 5.41) is 0.690. The first-order valence-electron chi connectivity index (χ1n) is 9.08. The van der Waals surface area contributed by atoms with E-state index in [0.29, 0.717) is 49.9 Å². The van der Waals surface area contributed by atoms with Crippen LogP contribution in [0.4, 0.5) is 0 Å². The molecule has 2 aromatic carbocycles. The lowest BCUT2D eigenvalue weighted by molar-refractivity contribution is -0.132. The molecule has 0 spiro atoms. The van der Waals surface area contributed by atoms with Gasteiger partial charge in [0.25, 0.3) is 5.91 Å². The van der Waals surface area contributed by atoms with Crippen molar-refractivity contribution in [2.24, 2.45) is 0 Å². The summed E-state index contributed by atoms with van der Waals surface area (Å²) in [5.74, 6) is 0.134. The average Bonchev–Trinajstić information content (AvgIpc) is 2.70. The molecule has 1 saturated heterocycles. The third kappa shape index (κ3) is 5.31. The molecule has 1 aliphatic heterocycles. The number of piperazine rings is 1. The van der Waals surface area contributed by atoms with E-state index in [9.17, 15) is 9.59 Å². The van der Waals surface area contributed by atoms with Gasteiger partial charge in [-0.15, -0.1) is 0 Å². The van der Waals surface area contributed by atoms with Gasteiger partial charge in [-0.05, 0) is 29.8 Å². The standard InChI is InChI=1S/C21H24ClN3O2/c1-23(15-17-7-9-19(22)10-8-17)20(26)16-24-11-13-25(14-12-24)21(27)18-5-3-2-4-6-18/h2-10H,11-16H2,1H3. The van der Waals surface area contributed by atoms with Crippen LogP contribution in [0.5, 0.6) is 0 Å². The molecule has 142 valence electrons. The van der Waals surface area contributed by atoms with Crippen LogP contribution < -0.4 is 0 Å². The lowest BCUT2D eigenvalue weighted by atomic mass is 10.2. The van der Waals surface area contributed by atoms with Crippen LogP contribution in [0.3, 0.4) is 0 Å². The molecule has 27 heavy (non-hydrogen) atoms. The second kappa shape index (κ2) is 9.02. The van der Waals surface area contributed by atoms with Crippen molar-refractivity contribution in [3.05, 3.63) is 70.7 Å². The minimum atomic E-state index is 0.0569. The van der Waals surface area contributed by atoms with Gasteiger partial charge in [0.1, 0.15) is 0 Å². The van der Waals surface area contributed by atoms with Crippen molar-refractivity contribution >= 4 is 23.4 Å². The smallest absolute Gasteiger partial charge is 0.253 e. The Balaban J connectivity index is 1.46. The molecule has 0 atom stereocenters. The molecule has 1 aliphatic rings. The molecule has 6 heteroatoms. The maximum absolute atomic E-state index is 12.5. The summed E-state index contributed by atoms with van der Waals surface area (Å²) in [6.45, 7) is 3.63. The minimum absolute atomic E-state index is 0.0569. The average molecular weight is 386 g/mol. The summed E-state index contributed by atoms with van der Waals surface area (Å²) >= 11 is 5.90. The highest BCUT2D eigenvalue weighted by Crippen LogP contribution is 2.12. The molecule has 5 nitrogen and oxygen atoms in total. The third-order valence-electron chi connectivity index (χ3n) is 4.80. The number of amides is 2. The molecule has 2 amide bonds. The van der Waals surface area contributed by atoms with E-state index >= 15 is 0 Å². The number of hydrogen-bond acceptors (Lipinski definition) is 3. The lowest BCUT2D eigenvalue weighted by Crippen LogP contribution is -2.51. The summed E-state index contributed by atoms with van der Waals surface area (Å²) in [6.07, 6.45) is 0.